The molecular formula is C9H6F4N2O3. The maximum atomic E-state index is 13.3. The topological polar surface area (TPSA) is 96.4 Å². The number of esters is 1. The lowest BCUT2D eigenvalue weighted by molar-refractivity contribution is -0.189. The van der Waals surface area contributed by atoms with Gasteiger partial charge in [0.15, 0.2) is 11.5 Å². The summed E-state index contributed by atoms with van der Waals surface area (Å²) in [5.74, 6) is -7.40. The fourth-order valence-electron chi connectivity index (χ4n) is 1.01. The number of nitrogens with one attached hydrogen (secondary N) is 1. The van der Waals surface area contributed by atoms with Crippen molar-refractivity contribution < 1.29 is 32.2 Å². The van der Waals surface area contributed by atoms with Crippen LogP contribution in [0.2, 0.25) is 0 Å². The summed E-state index contributed by atoms with van der Waals surface area (Å²) in [5.41, 5.74) is 4.40. The summed E-state index contributed by atoms with van der Waals surface area (Å²) in [6.45, 7) is 0. The van der Waals surface area contributed by atoms with Crippen molar-refractivity contribution in [2.24, 2.45) is 5.73 Å². The van der Waals surface area contributed by atoms with E-state index in [1.165, 1.54) is 0 Å². The number of hydrogen-bond donors (Lipinski definition) is 3. The van der Waals surface area contributed by atoms with Gasteiger partial charge >= 0.3 is 12.1 Å². The Labute approximate surface area is 97.3 Å². The van der Waals surface area contributed by atoms with E-state index in [0.29, 0.717) is 0 Å². The molecule has 0 fully saturated rings. The van der Waals surface area contributed by atoms with Crippen LogP contribution >= 0.6 is 0 Å². The molecular weight excluding hydrogens is 260 g/mol. The van der Waals surface area contributed by atoms with Gasteiger partial charge in [-0.25, -0.2) is 4.79 Å². The number of nitrogens with two attached hydrogens (primary N) is 1. The van der Waals surface area contributed by atoms with Crippen molar-refractivity contribution in [2.75, 3.05) is 0 Å². The summed E-state index contributed by atoms with van der Waals surface area (Å²) in [6.07, 6.45) is -5.34. The molecule has 0 heterocycles. The van der Waals surface area contributed by atoms with E-state index < -0.39 is 40.9 Å². The first kappa shape index (κ1) is 13.7. The Morgan fingerprint density at radius 1 is 1.39 bits per heavy atom. The number of benzene rings is 1. The molecule has 0 saturated carbocycles. The first-order chi connectivity index (χ1) is 8.14. The Balaban J connectivity index is 3.26. The van der Waals surface area contributed by atoms with Gasteiger partial charge in [0.25, 0.3) is 0 Å². The number of phenolic OH excluding ortho intramolecular Hbond substituents is 1. The molecule has 4 N–H and O–H groups in total. The maximum Gasteiger partial charge on any atom is 0.491 e. The van der Waals surface area contributed by atoms with Crippen LogP contribution in [0.15, 0.2) is 12.1 Å². The Morgan fingerprint density at radius 2 is 1.94 bits per heavy atom. The number of alkyl halides is 3. The molecule has 98 valence electrons. The van der Waals surface area contributed by atoms with E-state index in [0.717, 1.165) is 12.1 Å². The largest absolute Gasteiger partial charge is 0.505 e. The molecule has 1 aromatic rings. The molecule has 1 rings (SSSR count). The Morgan fingerprint density at radius 3 is 2.39 bits per heavy atom. The number of aromatic hydroxyl groups is 1. The van der Waals surface area contributed by atoms with Crippen molar-refractivity contribution in [3.63, 3.8) is 0 Å². The molecule has 0 aliphatic carbocycles. The van der Waals surface area contributed by atoms with Gasteiger partial charge in [0.2, 0.25) is 5.82 Å². The Kier molecular flexibility index (Phi) is 3.44. The molecule has 0 radical (unpaired) electrons. The van der Waals surface area contributed by atoms with Gasteiger partial charge in [-0.15, -0.1) is 0 Å². The highest BCUT2D eigenvalue weighted by Gasteiger charge is 2.42. The molecule has 0 aromatic heterocycles. The van der Waals surface area contributed by atoms with Crippen LogP contribution in [0, 0.1) is 11.2 Å². The van der Waals surface area contributed by atoms with Crippen molar-refractivity contribution in [1.82, 2.24) is 0 Å². The monoisotopic (exact) mass is 266 g/mol. The van der Waals surface area contributed by atoms with Gasteiger partial charge in [-0.1, -0.05) is 0 Å². The molecule has 0 unspecified atom stereocenters. The molecule has 1 aromatic carbocycles. The van der Waals surface area contributed by atoms with Crippen LogP contribution in [0.4, 0.5) is 17.6 Å². The average molecular weight is 266 g/mol. The second-order valence-electron chi connectivity index (χ2n) is 3.08. The van der Waals surface area contributed by atoms with Crippen LogP contribution in [-0.2, 0) is 4.79 Å². The van der Waals surface area contributed by atoms with Crippen LogP contribution in [0.5, 0.6) is 11.5 Å². The van der Waals surface area contributed by atoms with Gasteiger partial charge in [0.05, 0.1) is 5.56 Å². The maximum absolute atomic E-state index is 13.3. The zero-order valence-electron chi connectivity index (χ0n) is 8.51. The van der Waals surface area contributed by atoms with E-state index >= 15 is 0 Å². The first-order valence-corrected chi connectivity index (χ1v) is 4.29. The normalized spacial score (nSPS) is 11.1. The van der Waals surface area contributed by atoms with Crippen LogP contribution in [0.1, 0.15) is 5.56 Å². The van der Waals surface area contributed by atoms with Gasteiger partial charge in [-0.2, -0.15) is 17.6 Å². The minimum absolute atomic E-state index is 0.581. The second-order valence-corrected chi connectivity index (χ2v) is 3.08. The number of hydrogen-bond acceptors (Lipinski definition) is 4. The molecule has 0 atom stereocenters. The van der Waals surface area contributed by atoms with Gasteiger partial charge in [0, 0.05) is 0 Å². The van der Waals surface area contributed by atoms with Crippen molar-refractivity contribution in [3.05, 3.63) is 23.5 Å². The van der Waals surface area contributed by atoms with Crippen molar-refractivity contribution in [2.45, 2.75) is 6.18 Å². The summed E-state index contributed by atoms with van der Waals surface area (Å²) in [6, 6.07) is 1.61. The predicted octanol–water partition coefficient (Wildman–Crippen LogP) is 1.28. The van der Waals surface area contributed by atoms with Crippen molar-refractivity contribution >= 4 is 11.8 Å². The highest BCUT2D eigenvalue weighted by molar-refractivity contribution is 5.98. The van der Waals surface area contributed by atoms with Crippen LogP contribution in [0.3, 0.4) is 0 Å². The van der Waals surface area contributed by atoms with E-state index in [9.17, 15) is 22.4 Å². The lowest BCUT2D eigenvalue weighted by Gasteiger charge is -2.12. The number of rotatable bonds is 2. The summed E-state index contributed by atoms with van der Waals surface area (Å²) in [7, 11) is 0. The zero-order valence-corrected chi connectivity index (χ0v) is 8.51. The number of halogens is 4. The molecule has 0 amide bonds. The van der Waals surface area contributed by atoms with Gasteiger partial charge in [0.1, 0.15) is 5.84 Å². The molecule has 5 nitrogen and oxygen atoms in total. The SMILES string of the molecule is N=C(N)c1ccc(O)c(F)c1OC(=O)C(F)(F)F. The quantitative estimate of drug-likeness (QED) is 0.247. The summed E-state index contributed by atoms with van der Waals surface area (Å²) in [4.78, 5) is 10.6. The van der Waals surface area contributed by atoms with Crippen molar-refractivity contribution in [3.8, 4) is 11.5 Å². The third-order valence-corrected chi connectivity index (χ3v) is 1.79. The van der Waals surface area contributed by atoms with Crippen LogP contribution < -0.4 is 10.5 Å². The molecule has 0 aliphatic heterocycles. The van der Waals surface area contributed by atoms with E-state index in [4.69, 9.17) is 16.2 Å². The van der Waals surface area contributed by atoms with E-state index in [1.54, 1.807) is 0 Å². The van der Waals surface area contributed by atoms with Gasteiger partial charge in [-0.05, 0) is 12.1 Å². The van der Waals surface area contributed by atoms with E-state index in [-0.39, 0.29) is 0 Å². The number of phenols is 1. The molecule has 0 spiro atoms. The van der Waals surface area contributed by atoms with Crippen LogP contribution in [-0.4, -0.2) is 23.1 Å². The van der Waals surface area contributed by atoms with Crippen LogP contribution in [0.25, 0.3) is 0 Å². The molecule has 0 bridgehead atoms. The summed E-state index contributed by atoms with van der Waals surface area (Å²) in [5, 5.41) is 16.0. The minimum atomic E-state index is -5.34. The fourth-order valence-corrected chi connectivity index (χ4v) is 1.01. The number of nitrogen functional groups attached to an aromatic ring is 1. The third-order valence-electron chi connectivity index (χ3n) is 1.79. The Bertz CT molecular complexity index is 513. The molecule has 9 heteroatoms. The Hall–Kier alpha value is -2.32. The molecule has 0 saturated heterocycles. The molecule has 0 aliphatic rings. The summed E-state index contributed by atoms with van der Waals surface area (Å²) < 4.78 is 53.0. The van der Waals surface area contributed by atoms with E-state index in [1.807, 2.05) is 0 Å². The lowest BCUT2D eigenvalue weighted by atomic mass is 10.1. The minimum Gasteiger partial charge on any atom is -0.505 e. The number of carbonyl (C=O) groups is 1. The van der Waals surface area contributed by atoms with E-state index in [2.05, 4.69) is 4.74 Å². The van der Waals surface area contributed by atoms with Crippen molar-refractivity contribution in [1.29, 1.82) is 5.41 Å². The summed E-state index contributed by atoms with van der Waals surface area (Å²) >= 11 is 0. The highest BCUT2D eigenvalue weighted by atomic mass is 19.4. The van der Waals surface area contributed by atoms with Gasteiger partial charge in [-0.3, -0.25) is 5.41 Å². The lowest BCUT2D eigenvalue weighted by Crippen LogP contribution is -2.29. The standard InChI is InChI=1S/C9H6F4N2O3/c10-5-4(16)2-1-3(7(14)15)6(5)18-8(17)9(11,12)13/h1-2,16H,(H3,14,15). The zero-order chi connectivity index (χ0) is 14.1. The number of carbonyl (C=O) groups excluding carboxylic acids is 1. The van der Waals surface area contributed by atoms with Gasteiger partial charge < -0.3 is 15.6 Å². The fraction of sp³-hybridized carbons (Fsp3) is 0.111. The molecule has 18 heavy (non-hydrogen) atoms. The predicted molar refractivity (Wildman–Crippen MR) is 50.8 cm³/mol. The highest BCUT2D eigenvalue weighted by Crippen LogP contribution is 2.31. The number of ether oxygens (including phenoxy) is 1. The third kappa shape index (κ3) is 2.67. The number of amidine groups is 1. The smallest absolute Gasteiger partial charge is 0.491 e. The first-order valence-electron chi connectivity index (χ1n) is 4.29. The second kappa shape index (κ2) is 4.51. The average Bonchev–Trinajstić information content (AvgIpc) is 2.23.